The molecular formula is C24H27N3O4. The molecule has 0 bridgehead atoms. The Balaban J connectivity index is 1.55. The number of esters is 1. The molecule has 1 fully saturated rings. The van der Waals surface area contributed by atoms with Gasteiger partial charge in [0.05, 0.1) is 23.4 Å². The van der Waals surface area contributed by atoms with Gasteiger partial charge in [-0.1, -0.05) is 0 Å². The fourth-order valence-corrected chi connectivity index (χ4v) is 4.37. The van der Waals surface area contributed by atoms with Gasteiger partial charge in [0, 0.05) is 24.3 Å². The van der Waals surface area contributed by atoms with Gasteiger partial charge in [0.1, 0.15) is 6.17 Å². The molecule has 2 aromatic carbocycles. The van der Waals surface area contributed by atoms with Gasteiger partial charge in [-0.2, -0.15) is 0 Å². The number of benzene rings is 2. The second-order valence-electron chi connectivity index (χ2n) is 7.74. The normalized spacial score (nSPS) is 17.6. The average Bonchev–Trinajstić information content (AvgIpc) is 2.80. The van der Waals surface area contributed by atoms with Crippen molar-refractivity contribution < 1.29 is 19.1 Å². The Morgan fingerprint density at radius 1 is 1.06 bits per heavy atom. The number of hydrogen-bond donors (Lipinski definition) is 1. The Labute approximate surface area is 182 Å². The van der Waals surface area contributed by atoms with Crippen molar-refractivity contribution >= 4 is 29.2 Å². The van der Waals surface area contributed by atoms with Crippen molar-refractivity contribution in [1.82, 2.24) is 4.90 Å². The van der Waals surface area contributed by atoms with Gasteiger partial charge in [-0.3, -0.25) is 9.59 Å². The molecule has 7 heteroatoms. The minimum atomic E-state index is -0.392. The molecule has 2 aliphatic rings. The molecule has 0 spiro atoms. The monoisotopic (exact) mass is 421 g/mol. The zero-order valence-electron chi connectivity index (χ0n) is 17.9. The van der Waals surface area contributed by atoms with Gasteiger partial charge in [0.25, 0.3) is 11.8 Å². The van der Waals surface area contributed by atoms with E-state index in [2.05, 4.69) is 17.1 Å². The molecule has 1 unspecified atom stereocenters. The van der Waals surface area contributed by atoms with Crippen LogP contribution in [0.15, 0.2) is 42.5 Å². The molecule has 0 saturated carbocycles. The molecule has 31 heavy (non-hydrogen) atoms. The number of amides is 2. The first-order valence-corrected chi connectivity index (χ1v) is 10.8. The van der Waals surface area contributed by atoms with Gasteiger partial charge in [-0.25, -0.2) is 4.79 Å². The number of rotatable bonds is 5. The molecule has 162 valence electrons. The van der Waals surface area contributed by atoms with Crippen molar-refractivity contribution in [3.05, 3.63) is 59.2 Å². The van der Waals surface area contributed by atoms with E-state index in [0.717, 1.165) is 38.0 Å². The van der Waals surface area contributed by atoms with Crippen LogP contribution in [0.4, 0.5) is 11.4 Å². The van der Waals surface area contributed by atoms with E-state index in [9.17, 15) is 14.4 Å². The van der Waals surface area contributed by atoms with Crippen LogP contribution in [0.1, 0.15) is 64.2 Å². The Morgan fingerprint density at radius 2 is 1.81 bits per heavy atom. The lowest BCUT2D eigenvalue weighted by Crippen LogP contribution is -2.57. The minimum absolute atomic E-state index is 0.0471. The van der Waals surface area contributed by atoms with E-state index in [0.29, 0.717) is 29.0 Å². The molecule has 1 atom stereocenters. The SMILES string of the molecule is CCOC(=O)c1ccc(NC(=O)c2ccc3c(c2)N(CC)C2CCCCN2C3=O)cc1. The molecule has 1 N–H and O–H groups in total. The molecule has 2 heterocycles. The average molecular weight is 421 g/mol. The summed E-state index contributed by atoms with van der Waals surface area (Å²) in [6.07, 6.45) is 3.14. The van der Waals surface area contributed by atoms with E-state index >= 15 is 0 Å². The van der Waals surface area contributed by atoms with E-state index in [4.69, 9.17) is 4.74 Å². The van der Waals surface area contributed by atoms with E-state index < -0.39 is 5.97 Å². The summed E-state index contributed by atoms with van der Waals surface area (Å²) in [6, 6.07) is 11.8. The van der Waals surface area contributed by atoms with Crippen molar-refractivity contribution in [3.63, 3.8) is 0 Å². The number of piperidine rings is 1. The summed E-state index contributed by atoms with van der Waals surface area (Å²) in [4.78, 5) is 41.8. The molecule has 4 rings (SSSR count). The van der Waals surface area contributed by atoms with Gasteiger partial charge < -0.3 is 19.9 Å². The van der Waals surface area contributed by atoms with Crippen LogP contribution in [0.2, 0.25) is 0 Å². The molecule has 7 nitrogen and oxygen atoms in total. The van der Waals surface area contributed by atoms with E-state index in [1.807, 2.05) is 11.0 Å². The highest BCUT2D eigenvalue weighted by molar-refractivity contribution is 6.08. The van der Waals surface area contributed by atoms with Crippen molar-refractivity contribution in [2.45, 2.75) is 39.3 Å². The first-order chi connectivity index (χ1) is 15.0. The van der Waals surface area contributed by atoms with Crippen LogP contribution >= 0.6 is 0 Å². The van der Waals surface area contributed by atoms with Gasteiger partial charge in [0.2, 0.25) is 0 Å². The van der Waals surface area contributed by atoms with Gasteiger partial charge >= 0.3 is 5.97 Å². The third-order valence-electron chi connectivity index (χ3n) is 5.89. The Bertz CT molecular complexity index is 1000. The van der Waals surface area contributed by atoms with Crippen LogP contribution in [0.25, 0.3) is 0 Å². The quantitative estimate of drug-likeness (QED) is 0.741. The van der Waals surface area contributed by atoms with Gasteiger partial charge in [0.15, 0.2) is 0 Å². The van der Waals surface area contributed by atoms with Crippen LogP contribution in [-0.4, -0.2) is 48.5 Å². The third kappa shape index (κ3) is 4.00. The number of anilines is 2. The Morgan fingerprint density at radius 3 is 2.52 bits per heavy atom. The molecule has 2 aromatic rings. The second-order valence-corrected chi connectivity index (χ2v) is 7.74. The molecule has 0 aromatic heterocycles. The predicted molar refractivity (Wildman–Crippen MR) is 118 cm³/mol. The highest BCUT2D eigenvalue weighted by Crippen LogP contribution is 2.35. The predicted octanol–water partition coefficient (Wildman–Crippen LogP) is 3.91. The van der Waals surface area contributed by atoms with Crippen LogP contribution in [-0.2, 0) is 4.74 Å². The Hall–Kier alpha value is -3.35. The molecule has 2 aliphatic heterocycles. The fraction of sp³-hybridized carbons (Fsp3) is 0.375. The summed E-state index contributed by atoms with van der Waals surface area (Å²) in [7, 11) is 0. The summed E-state index contributed by atoms with van der Waals surface area (Å²) < 4.78 is 4.98. The van der Waals surface area contributed by atoms with E-state index in [1.165, 1.54) is 0 Å². The fourth-order valence-electron chi connectivity index (χ4n) is 4.37. The van der Waals surface area contributed by atoms with Gasteiger partial charge in [-0.05, 0) is 75.6 Å². The molecular weight excluding hydrogens is 394 g/mol. The maximum absolute atomic E-state index is 13.0. The van der Waals surface area contributed by atoms with Crippen molar-refractivity contribution in [2.75, 3.05) is 29.9 Å². The number of nitrogens with one attached hydrogen (secondary N) is 1. The summed E-state index contributed by atoms with van der Waals surface area (Å²) >= 11 is 0. The number of hydrogen-bond acceptors (Lipinski definition) is 5. The lowest BCUT2D eigenvalue weighted by Gasteiger charge is -2.47. The standard InChI is InChI=1S/C24H27N3O4/c1-3-26-20-15-17(10-13-19(20)23(29)27-14-6-5-7-21(26)27)22(28)25-18-11-8-16(9-12-18)24(30)31-4-2/h8-13,15,21H,3-7,14H2,1-2H3,(H,25,28). The molecule has 0 aliphatic carbocycles. The number of fused-ring (bicyclic) bond motifs is 2. The maximum atomic E-state index is 13.0. The first-order valence-electron chi connectivity index (χ1n) is 10.8. The Kier molecular flexibility index (Phi) is 5.93. The van der Waals surface area contributed by atoms with Crippen molar-refractivity contribution in [2.24, 2.45) is 0 Å². The molecule has 0 radical (unpaired) electrons. The van der Waals surface area contributed by atoms with E-state index in [-0.39, 0.29) is 18.0 Å². The maximum Gasteiger partial charge on any atom is 0.338 e. The highest BCUT2D eigenvalue weighted by atomic mass is 16.5. The van der Waals surface area contributed by atoms with Crippen LogP contribution < -0.4 is 10.2 Å². The largest absolute Gasteiger partial charge is 0.462 e. The lowest BCUT2D eigenvalue weighted by molar-refractivity contribution is 0.0525. The highest BCUT2D eigenvalue weighted by Gasteiger charge is 2.38. The summed E-state index contributed by atoms with van der Waals surface area (Å²) in [5, 5.41) is 2.86. The van der Waals surface area contributed by atoms with E-state index in [1.54, 1.807) is 43.3 Å². The third-order valence-corrected chi connectivity index (χ3v) is 5.89. The number of nitrogens with zero attached hydrogens (tertiary/aromatic N) is 2. The first kappa shape index (κ1) is 20.9. The summed E-state index contributed by atoms with van der Waals surface area (Å²) in [6.45, 7) is 5.69. The molecule has 2 amide bonds. The van der Waals surface area contributed by atoms with Gasteiger partial charge in [-0.15, -0.1) is 0 Å². The number of carbonyl (C=O) groups excluding carboxylic acids is 3. The van der Waals surface area contributed by atoms with Crippen molar-refractivity contribution in [1.29, 1.82) is 0 Å². The second kappa shape index (κ2) is 8.79. The summed E-state index contributed by atoms with van der Waals surface area (Å²) in [5.41, 5.74) is 2.97. The van der Waals surface area contributed by atoms with Crippen LogP contribution in [0.5, 0.6) is 0 Å². The summed E-state index contributed by atoms with van der Waals surface area (Å²) in [5.74, 6) is -0.608. The van der Waals surface area contributed by atoms with Crippen LogP contribution in [0.3, 0.4) is 0 Å². The topological polar surface area (TPSA) is 79.0 Å². The number of ether oxygens (including phenoxy) is 1. The minimum Gasteiger partial charge on any atom is -0.462 e. The smallest absolute Gasteiger partial charge is 0.338 e. The number of carbonyl (C=O) groups is 3. The zero-order valence-corrected chi connectivity index (χ0v) is 17.9. The van der Waals surface area contributed by atoms with Crippen LogP contribution in [0, 0.1) is 0 Å². The lowest BCUT2D eigenvalue weighted by atomic mass is 9.97. The molecule has 1 saturated heterocycles. The zero-order chi connectivity index (χ0) is 22.0. The van der Waals surface area contributed by atoms with Crippen molar-refractivity contribution in [3.8, 4) is 0 Å².